The van der Waals surface area contributed by atoms with Crippen LogP contribution in [0.1, 0.15) is 5.56 Å². The SMILES string of the molecule is BC1OC1(Cn1ncnc1S)c1cccc(F)c1. The lowest BCUT2D eigenvalue weighted by atomic mass is 9.85. The average molecular weight is 263 g/mol. The number of nitrogens with zero attached hydrogens (tertiary/aromatic N) is 3. The first-order valence-corrected chi connectivity index (χ1v) is 6.07. The van der Waals surface area contributed by atoms with Crippen molar-refractivity contribution in [2.24, 2.45) is 0 Å². The summed E-state index contributed by atoms with van der Waals surface area (Å²) in [4.78, 5) is 3.95. The molecule has 0 spiro atoms. The van der Waals surface area contributed by atoms with E-state index in [1.165, 1.54) is 18.5 Å². The molecule has 1 aliphatic heterocycles. The Kier molecular flexibility index (Phi) is 2.67. The maximum absolute atomic E-state index is 13.3. The van der Waals surface area contributed by atoms with Gasteiger partial charge in [-0.1, -0.05) is 12.1 Å². The van der Waals surface area contributed by atoms with E-state index in [1.54, 1.807) is 10.7 Å². The maximum Gasteiger partial charge on any atom is 0.183 e. The van der Waals surface area contributed by atoms with Gasteiger partial charge in [-0.3, -0.25) is 0 Å². The third kappa shape index (κ3) is 1.83. The molecule has 2 unspecified atom stereocenters. The molecule has 0 N–H and O–H groups in total. The summed E-state index contributed by atoms with van der Waals surface area (Å²) in [5.74, 6) is -0.265. The van der Waals surface area contributed by atoms with E-state index in [1.807, 2.05) is 13.9 Å². The Morgan fingerprint density at radius 1 is 1.56 bits per heavy atom. The van der Waals surface area contributed by atoms with Gasteiger partial charge >= 0.3 is 0 Å². The van der Waals surface area contributed by atoms with Crippen LogP contribution in [0.5, 0.6) is 0 Å². The zero-order chi connectivity index (χ0) is 12.8. The van der Waals surface area contributed by atoms with Gasteiger partial charge in [-0.15, -0.1) is 12.6 Å². The minimum absolute atomic E-state index is 0.0243. The van der Waals surface area contributed by atoms with Crippen LogP contribution >= 0.6 is 12.6 Å². The van der Waals surface area contributed by atoms with Gasteiger partial charge in [0.2, 0.25) is 0 Å². The van der Waals surface area contributed by atoms with E-state index in [0.717, 1.165) is 5.56 Å². The van der Waals surface area contributed by atoms with E-state index in [-0.39, 0.29) is 11.8 Å². The highest BCUT2D eigenvalue weighted by Crippen LogP contribution is 2.46. The number of ether oxygens (including phenoxy) is 1. The van der Waals surface area contributed by atoms with Crippen molar-refractivity contribution in [3.8, 4) is 0 Å². The zero-order valence-corrected chi connectivity index (χ0v) is 10.6. The van der Waals surface area contributed by atoms with Crippen LogP contribution in [0.15, 0.2) is 35.7 Å². The fourth-order valence-corrected chi connectivity index (χ4v) is 2.36. The standard InChI is InChI=1S/C11H11BFN3OS/c12-9-11(17-9,5-16-10(18)14-6-15-16)7-2-1-3-8(13)4-7/h1-4,6,9H,5,12H2,(H,14,15,18). The Bertz CT molecular complexity index is 593. The van der Waals surface area contributed by atoms with Gasteiger partial charge in [0.15, 0.2) is 5.16 Å². The lowest BCUT2D eigenvalue weighted by Crippen LogP contribution is -2.22. The molecule has 0 amide bonds. The lowest BCUT2D eigenvalue weighted by Gasteiger charge is -2.14. The van der Waals surface area contributed by atoms with Gasteiger partial charge in [0, 0.05) is 0 Å². The van der Waals surface area contributed by atoms with Gasteiger partial charge in [-0.05, 0) is 17.7 Å². The molecule has 92 valence electrons. The highest BCUT2D eigenvalue weighted by molar-refractivity contribution is 7.80. The van der Waals surface area contributed by atoms with Crippen molar-refractivity contribution in [3.63, 3.8) is 0 Å². The maximum atomic E-state index is 13.3. The molecule has 18 heavy (non-hydrogen) atoms. The van der Waals surface area contributed by atoms with E-state index >= 15 is 0 Å². The number of hydrogen-bond acceptors (Lipinski definition) is 4. The molecular formula is C11H11BFN3OS. The summed E-state index contributed by atoms with van der Waals surface area (Å²) in [6, 6.07) is 6.49. The predicted octanol–water partition coefficient (Wildman–Crippen LogP) is 0.591. The van der Waals surface area contributed by atoms with Crippen molar-refractivity contribution in [2.75, 3.05) is 0 Å². The van der Waals surface area contributed by atoms with Gasteiger partial charge < -0.3 is 4.74 Å². The topological polar surface area (TPSA) is 43.2 Å². The van der Waals surface area contributed by atoms with Crippen molar-refractivity contribution in [1.29, 1.82) is 0 Å². The van der Waals surface area contributed by atoms with E-state index in [0.29, 0.717) is 11.7 Å². The van der Waals surface area contributed by atoms with Gasteiger partial charge in [0.1, 0.15) is 25.6 Å². The quantitative estimate of drug-likeness (QED) is 0.500. The van der Waals surface area contributed by atoms with Crippen LogP contribution in [0.25, 0.3) is 0 Å². The van der Waals surface area contributed by atoms with E-state index in [4.69, 9.17) is 4.74 Å². The predicted molar refractivity (Wildman–Crippen MR) is 68.8 cm³/mol. The Labute approximate surface area is 110 Å². The van der Waals surface area contributed by atoms with E-state index in [9.17, 15) is 4.39 Å². The van der Waals surface area contributed by atoms with Crippen LogP contribution in [0.4, 0.5) is 4.39 Å². The monoisotopic (exact) mass is 263 g/mol. The summed E-state index contributed by atoms with van der Waals surface area (Å²) in [6.07, 6.45) is 1.44. The van der Waals surface area contributed by atoms with Gasteiger partial charge in [-0.2, -0.15) is 5.10 Å². The van der Waals surface area contributed by atoms with Crippen LogP contribution in [-0.2, 0) is 16.9 Å². The van der Waals surface area contributed by atoms with Crippen molar-refractivity contribution < 1.29 is 9.13 Å². The Morgan fingerprint density at radius 3 is 2.89 bits per heavy atom. The summed E-state index contributed by atoms with van der Waals surface area (Å²) < 4.78 is 20.6. The molecule has 1 aromatic heterocycles. The summed E-state index contributed by atoms with van der Waals surface area (Å²) in [7, 11) is 1.96. The first-order valence-electron chi connectivity index (χ1n) is 5.62. The second-order valence-electron chi connectivity index (χ2n) is 4.38. The first-order chi connectivity index (χ1) is 8.62. The van der Waals surface area contributed by atoms with Crippen LogP contribution in [0.2, 0.25) is 0 Å². The van der Waals surface area contributed by atoms with Crippen molar-refractivity contribution >= 4 is 20.5 Å². The average Bonchev–Trinajstić information content (AvgIpc) is 2.82. The summed E-state index contributed by atoms with van der Waals surface area (Å²) in [5.41, 5.74) is 0.297. The van der Waals surface area contributed by atoms with E-state index in [2.05, 4.69) is 22.7 Å². The molecule has 0 bridgehead atoms. The number of benzene rings is 1. The van der Waals surface area contributed by atoms with Crippen LogP contribution in [0, 0.1) is 5.82 Å². The highest BCUT2D eigenvalue weighted by atomic mass is 32.1. The smallest absolute Gasteiger partial charge is 0.183 e. The van der Waals surface area contributed by atoms with Crippen molar-refractivity contribution in [3.05, 3.63) is 42.0 Å². The Hall–Kier alpha value is -1.34. The van der Waals surface area contributed by atoms with Crippen molar-refractivity contribution in [1.82, 2.24) is 14.8 Å². The Balaban J connectivity index is 1.94. The fraction of sp³-hybridized carbons (Fsp3) is 0.273. The minimum atomic E-state index is -0.521. The molecule has 1 fully saturated rings. The van der Waals surface area contributed by atoms with Gasteiger partial charge in [0.25, 0.3) is 0 Å². The van der Waals surface area contributed by atoms with Gasteiger partial charge in [0.05, 0.1) is 12.5 Å². The summed E-state index contributed by atoms with van der Waals surface area (Å²) in [5, 5.41) is 4.60. The first kappa shape index (κ1) is 11.7. The molecule has 4 nitrogen and oxygen atoms in total. The molecule has 3 rings (SSSR count). The molecule has 1 aliphatic rings. The number of aromatic nitrogens is 3. The molecule has 2 atom stereocenters. The number of halogens is 1. The van der Waals surface area contributed by atoms with Crippen LogP contribution < -0.4 is 0 Å². The van der Waals surface area contributed by atoms with Crippen molar-refractivity contribution in [2.45, 2.75) is 23.3 Å². The lowest BCUT2D eigenvalue weighted by molar-refractivity contribution is 0.260. The summed E-state index contributed by atoms with van der Waals surface area (Å²) in [6.45, 7) is 0.483. The molecule has 0 radical (unpaired) electrons. The van der Waals surface area contributed by atoms with Crippen LogP contribution in [0.3, 0.4) is 0 Å². The fourth-order valence-electron chi connectivity index (χ4n) is 2.19. The molecular weight excluding hydrogens is 252 g/mol. The van der Waals surface area contributed by atoms with E-state index < -0.39 is 5.60 Å². The Morgan fingerprint density at radius 2 is 2.33 bits per heavy atom. The third-order valence-corrected chi connectivity index (χ3v) is 3.63. The van der Waals surface area contributed by atoms with Gasteiger partial charge in [-0.25, -0.2) is 14.1 Å². The summed E-state index contributed by atoms with van der Waals surface area (Å²) >= 11 is 4.21. The largest absolute Gasteiger partial charge is 0.369 e. The second-order valence-corrected chi connectivity index (χ2v) is 4.78. The minimum Gasteiger partial charge on any atom is -0.369 e. The number of epoxide rings is 1. The molecule has 1 saturated heterocycles. The molecule has 2 heterocycles. The van der Waals surface area contributed by atoms with Crippen LogP contribution in [-0.4, -0.2) is 28.6 Å². The highest BCUT2D eigenvalue weighted by Gasteiger charge is 2.55. The number of thiol groups is 1. The molecule has 0 saturated carbocycles. The molecule has 0 aliphatic carbocycles. The second kappa shape index (κ2) is 4.10. The zero-order valence-electron chi connectivity index (χ0n) is 9.75. The number of hydrogen-bond donors (Lipinski definition) is 1. The molecule has 7 heteroatoms. The molecule has 2 aromatic rings. The number of rotatable bonds is 3. The molecule has 1 aromatic carbocycles. The normalized spacial score (nSPS) is 26.2. The third-order valence-electron chi connectivity index (χ3n) is 3.28.